The van der Waals surface area contributed by atoms with Crippen molar-refractivity contribution in [2.75, 3.05) is 7.11 Å². The van der Waals surface area contributed by atoms with Crippen molar-refractivity contribution in [1.29, 1.82) is 0 Å². The maximum absolute atomic E-state index is 13.6. The third kappa shape index (κ3) is 4.73. The predicted molar refractivity (Wildman–Crippen MR) is 120 cm³/mol. The van der Waals surface area contributed by atoms with Crippen molar-refractivity contribution in [3.8, 4) is 0 Å². The first-order valence-corrected chi connectivity index (χ1v) is 11.7. The van der Waals surface area contributed by atoms with Crippen LogP contribution in [0.1, 0.15) is 63.0 Å². The summed E-state index contributed by atoms with van der Waals surface area (Å²) in [6.07, 6.45) is -1.04. The van der Waals surface area contributed by atoms with Crippen LogP contribution in [0.4, 0.5) is 13.2 Å². The van der Waals surface area contributed by atoms with Gasteiger partial charge in [-0.3, -0.25) is 9.59 Å². The van der Waals surface area contributed by atoms with Crippen LogP contribution in [-0.4, -0.2) is 30.9 Å². The number of alkyl halides is 3. The molecule has 0 amide bonds. The molecule has 6 nitrogen and oxygen atoms in total. The van der Waals surface area contributed by atoms with Gasteiger partial charge in [0.2, 0.25) is 0 Å². The molecule has 35 heavy (non-hydrogen) atoms. The van der Waals surface area contributed by atoms with Crippen LogP contribution in [0.25, 0.3) is 0 Å². The predicted octanol–water partition coefficient (Wildman–Crippen LogP) is 4.80. The fraction of sp³-hybridized carbons (Fsp3) is 0.500. The molecule has 1 aromatic carbocycles. The highest BCUT2D eigenvalue weighted by molar-refractivity contribution is 6.12. The molecule has 1 saturated carbocycles. The van der Waals surface area contributed by atoms with Crippen LogP contribution in [0.2, 0.25) is 0 Å². The molecule has 4 rings (SSSR count). The Morgan fingerprint density at radius 2 is 1.71 bits per heavy atom. The number of nitrogens with one attached hydrogen (secondary N) is 1. The summed E-state index contributed by atoms with van der Waals surface area (Å²) in [6.45, 7) is 3.45. The van der Waals surface area contributed by atoms with Gasteiger partial charge in [0.15, 0.2) is 5.78 Å². The van der Waals surface area contributed by atoms with Gasteiger partial charge in [-0.1, -0.05) is 19.1 Å². The molecule has 3 atom stereocenters. The fourth-order valence-electron chi connectivity index (χ4n) is 5.37. The number of benzene rings is 1. The van der Waals surface area contributed by atoms with E-state index in [-0.39, 0.29) is 23.2 Å². The normalized spacial score (nSPS) is 25.3. The van der Waals surface area contributed by atoms with Gasteiger partial charge in [0.05, 0.1) is 18.2 Å². The van der Waals surface area contributed by atoms with Crippen LogP contribution >= 0.6 is 0 Å². The van der Waals surface area contributed by atoms with Crippen molar-refractivity contribution in [3.05, 3.63) is 57.9 Å². The van der Waals surface area contributed by atoms with Gasteiger partial charge in [0, 0.05) is 22.9 Å². The fourth-order valence-corrected chi connectivity index (χ4v) is 5.37. The van der Waals surface area contributed by atoms with Crippen LogP contribution in [0, 0.1) is 11.8 Å². The molecule has 188 valence electrons. The van der Waals surface area contributed by atoms with Gasteiger partial charge in [0.1, 0.15) is 12.0 Å². The first kappa shape index (κ1) is 25.0. The maximum atomic E-state index is 13.6. The Balaban J connectivity index is 1.81. The highest BCUT2D eigenvalue weighted by atomic mass is 19.4. The average molecular weight is 492 g/mol. The van der Waals surface area contributed by atoms with E-state index in [1.807, 2.05) is 0 Å². The number of halogens is 3. The Morgan fingerprint density at radius 3 is 2.29 bits per heavy atom. The van der Waals surface area contributed by atoms with E-state index >= 15 is 0 Å². The number of Topliss-reactive ketones (excluding diaryl/α,β-unsaturated/α-hetero) is 1. The first-order chi connectivity index (χ1) is 16.5. The van der Waals surface area contributed by atoms with E-state index in [0.29, 0.717) is 23.4 Å². The molecule has 1 fully saturated rings. The lowest BCUT2D eigenvalue weighted by Gasteiger charge is -2.38. The number of rotatable bonds is 4. The van der Waals surface area contributed by atoms with Gasteiger partial charge in [-0.2, -0.15) is 13.2 Å². The number of dihydropyridines is 1. The number of methoxy groups -OCH3 is 1. The minimum Gasteiger partial charge on any atom is -0.468 e. The Morgan fingerprint density at radius 1 is 1.09 bits per heavy atom. The zero-order chi connectivity index (χ0) is 25.5. The SMILES string of the molecule is COC(=O)[C@@H]1C(=O)C2=C(C[C@H]1C)NC(C)=C(C(=O)OC1CCCC1)[C@@H]2c1ccc(C(F)(F)F)cc1. The maximum Gasteiger partial charge on any atom is 0.416 e. The van der Waals surface area contributed by atoms with Gasteiger partial charge < -0.3 is 14.8 Å². The van der Waals surface area contributed by atoms with Crippen molar-refractivity contribution >= 4 is 17.7 Å². The molecule has 9 heteroatoms. The molecule has 1 N–H and O–H groups in total. The number of ether oxygens (including phenoxy) is 2. The van der Waals surface area contributed by atoms with Crippen LogP contribution in [0.5, 0.6) is 0 Å². The first-order valence-electron chi connectivity index (χ1n) is 11.7. The van der Waals surface area contributed by atoms with Crippen LogP contribution in [-0.2, 0) is 30.0 Å². The summed E-state index contributed by atoms with van der Waals surface area (Å²) in [5.74, 6) is -4.17. The minimum atomic E-state index is -4.53. The lowest BCUT2D eigenvalue weighted by atomic mass is 9.69. The summed E-state index contributed by atoms with van der Waals surface area (Å²) in [5.41, 5.74) is 0.909. The Kier molecular flexibility index (Phi) is 6.79. The third-order valence-electron chi connectivity index (χ3n) is 7.11. The van der Waals surface area contributed by atoms with Gasteiger partial charge in [-0.25, -0.2) is 4.79 Å². The van der Waals surface area contributed by atoms with E-state index in [4.69, 9.17) is 9.47 Å². The molecule has 0 bridgehead atoms. The minimum absolute atomic E-state index is 0.168. The average Bonchev–Trinajstić information content (AvgIpc) is 3.30. The molecule has 1 aromatic rings. The second-order valence-electron chi connectivity index (χ2n) is 9.47. The number of hydrogen-bond donors (Lipinski definition) is 1. The standard InChI is InChI=1S/C26H28F3NO5/c1-13-12-18-22(23(31)19(13)24(32)34-3)21(15-8-10-16(11-9-15)26(27,28)29)20(14(2)30-18)25(33)35-17-6-4-5-7-17/h8-11,13,17,19,21,30H,4-7,12H2,1-3H3/t13-,19+,21+/m1/s1. The van der Waals surface area contributed by atoms with Crippen LogP contribution < -0.4 is 5.32 Å². The third-order valence-corrected chi connectivity index (χ3v) is 7.11. The highest BCUT2D eigenvalue weighted by Crippen LogP contribution is 2.46. The molecule has 1 aliphatic heterocycles. The second-order valence-corrected chi connectivity index (χ2v) is 9.47. The summed E-state index contributed by atoms with van der Waals surface area (Å²) >= 11 is 0. The molecule has 1 heterocycles. The molecular formula is C26H28F3NO5. The summed E-state index contributed by atoms with van der Waals surface area (Å²) < 4.78 is 50.2. The summed E-state index contributed by atoms with van der Waals surface area (Å²) in [6, 6.07) is 4.41. The number of esters is 2. The van der Waals surface area contributed by atoms with E-state index < -0.39 is 41.3 Å². The van der Waals surface area contributed by atoms with Gasteiger partial charge in [0.25, 0.3) is 0 Å². The van der Waals surface area contributed by atoms with Crippen molar-refractivity contribution in [3.63, 3.8) is 0 Å². The zero-order valence-electron chi connectivity index (χ0n) is 19.8. The number of ketones is 1. The number of carbonyl (C=O) groups is 3. The highest BCUT2D eigenvalue weighted by Gasteiger charge is 2.47. The molecule has 0 unspecified atom stereocenters. The molecule has 0 saturated heterocycles. The zero-order valence-corrected chi connectivity index (χ0v) is 19.8. The Labute approximate surface area is 201 Å². The number of allylic oxidation sites excluding steroid dienone is 3. The van der Waals surface area contributed by atoms with E-state index in [1.165, 1.54) is 19.2 Å². The van der Waals surface area contributed by atoms with E-state index in [2.05, 4.69) is 5.32 Å². The smallest absolute Gasteiger partial charge is 0.416 e. The van der Waals surface area contributed by atoms with Crippen molar-refractivity contribution in [1.82, 2.24) is 5.32 Å². The monoisotopic (exact) mass is 491 g/mol. The summed E-state index contributed by atoms with van der Waals surface area (Å²) in [5, 5.41) is 3.15. The Bertz CT molecular complexity index is 1100. The van der Waals surface area contributed by atoms with Crippen molar-refractivity contribution in [2.45, 2.75) is 64.1 Å². The van der Waals surface area contributed by atoms with Crippen LogP contribution in [0.3, 0.4) is 0 Å². The second kappa shape index (κ2) is 9.51. The lowest BCUT2D eigenvalue weighted by molar-refractivity contribution is -0.151. The molecular weight excluding hydrogens is 463 g/mol. The van der Waals surface area contributed by atoms with E-state index in [1.54, 1.807) is 13.8 Å². The molecule has 0 aromatic heterocycles. The molecule has 0 radical (unpaired) electrons. The lowest BCUT2D eigenvalue weighted by Crippen LogP contribution is -2.43. The van der Waals surface area contributed by atoms with E-state index in [9.17, 15) is 27.6 Å². The van der Waals surface area contributed by atoms with E-state index in [0.717, 1.165) is 37.8 Å². The van der Waals surface area contributed by atoms with Gasteiger partial charge in [-0.15, -0.1) is 0 Å². The Hall–Kier alpha value is -3.10. The van der Waals surface area contributed by atoms with Gasteiger partial charge in [-0.05, 0) is 62.6 Å². The number of carbonyl (C=O) groups excluding carboxylic acids is 3. The molecule has 2 aliphatic carbocycles. The van der Waals surface area contributed by atoms with Crippen molar-refractivity contribution < 1.29 is 37.0 Å². The summed E-state index contributed by atoms with van der Waals surface area (Å²) in [4.78, 5) is 39.5. The van der Waals surface area contributed by atoms with Crippen molar-refractivity contribution in [2.24, 2.45) is 11.8 Å². The largest absolute Gasteiger partial charge is 0.468 e. The quantitative estimate of drug-likeness (QED) is 0.481. The topological polar surface area (TPSA) is 81.7 Å². The molecule has 0 spiro atoms. The van der Waals surface area contributed by atoms with Crippen LogP contribution in [0.15, 0.2) is 46.8 Å². The summed E-state index contributed by atoms with van der Waals surface area (Å²) in [7, 11) is 1.20. The molecule has 3 aliphatic rings. The van der Waals surface area contributed by atoms with Gasteiger partial charge >= 0.3 is 18.1 Å². The number of hydrogen-bond acceptors (Lipinski definition) is 6.